The van der Waals surface area contributed by atoms with E-state index in [1.807, 2.05) is 0 Å². The first-order valence-electron chi connectivity index (χ1n) is 6.07. The third kappa shape index (κ3) is 3.58. The highest BCUT2D eigenvalue weighted by Gasteiger charge is 2.24. The lowest BCUT2D eigenvalue weighted by atomic mass is 9.90. The topological polar surface area (TPSA) is 29.3 Å². The molecule has 84 valence electrons. The average molecular weight is 198 g/mol. The fraction of sp³-hybridized carbons (Fsp3) is 1.00. The summed E-state index contributed by atoms with van der Waals surface area (Å²) in [7, 11) is 2.23. The fourth-order valence-electron chi connectivity index (χ4n) is 2.31. The zero-order chi connectivity index (χ0) is 10.6. The molecule has 0 heterocycles. The zero-order valence-corrected chi connectivity index (χ0v) is 10.00. The normalized spacial score (nSPS) is 28.7. The van der Waals surface area contributed by atoms with Crippen molar-refractivity contribution < 1.29 is 0 Å². The number of likely N-dealkylation sites (N-methyl/N-ethyl adjacent to an activating group) is 1. The second kappa shape index (κ2) is 5.72. The lowest BCUT2D eigenvalue weighted by Crippen LogP contribution is -2.48. The molecule has 1 aliphatic rings. The van der Waals surface area contributed by atoms with E-state index in [1.165, 1.54) is 38.6 Å². The molecule has 0 aromatic heterocycles. The van der Waals surface area contributed by atoms with E-state index in [2.05, 4.69) is 25.8 Å². The van der Waals surface area contributed by atoms with Crippen molar-refractivity contribution >= 4 is 0 Å². The summed E-state index contributed by atoms with van der Waals surface area (Å²) < 4.78 is 0. The molecule has 0 aromatic carbocycles. The Morgan fingerprint density at radius 2 is 1.93 bits per heavy atom. The number of nitrogens with zero attached hydrogens (tertiary/aromatic N) is 1. The van der Waals surface area contributed by atoms with Gasteiger partial charge in [-0.2, -0.15) is 0 Å². The average Bonchev–Trinajstić information content (AvgIpc) is 2.15. The van der Waals surface area contributed by atoms with Crippen LogP contribution in [0.2, 0.25) is 0 Å². The first-order valence-corrected chi connectivity index (χ1v) is 6.07. The van der Waals surface area contributed by atoms with Gasteiger partial charge in [-0.25, -0.2) is 0 Å². The van der Waals surface area contributed by atoms with Gasteiger partial charge in [-0.3, -0.25) is 0 Å². The summed E-state index contributed by atoms with van der Waals surface area (Å²) in [6, 6.07) is 1.06. The van der Waals surface area contributed by atoms with Gasteiger partial charge in [-0.05, 0) is 38.8 Å². The maximum Gasteiger partial charge on any atom is 0.0244 e. The molecule has 0 bridgehead atoms. The first-order chi connectivity index (χ1) is 6.61. The van der Waals surface area contributed by atoms with E-state index in [-0.39, 0.29) is 0 Å². The molecule has 0 spiro atoms. The Labute approximate surface area is 88.8 Å². The van der Waals surface area contributed by atoms with Gasteiger partial charge in [0.25, 0.3) is 0 Å². The summed E-state index contributed by atoms with van der Waals surface area (Å²) in [5.41, 5.74) is 6.14. The minimum Gasteiger partial charge on any atom is -0.326 e. The molecule has 1 saturated carbocycles. The van der Waals surface area contributed by atoms with Crippen molar-refractivity contribution in [2.45, 2.75) is 58.0 Å². The molecule has 14 heavy (non-hydrogen) atoms. The largest absolute Gasteiger partial charge is 0.326 e. The lowest BCUT2D eigenvalue weighted by Gasteiger charge is -2.36. The quantitative estimate of drug-likeness (QED) is 0.750. The van der Waals surface area contributed by atoms with Gasteiger partial charge in [0.2, 0.25) is 0 Å². The van der Waals surface area contributed by atoms with Crippen LogP contribution in [0.1, 0.15) is 46.0 Å². The van der Waals surface area contributed by atoms with Crippen LogP contribution in [0.25, 0.3) is 0 Å². The Balaban J connectivity index is 2.30. The van der Waals surface area contributed by atoms with E-state index < -0.39 is 0 Å². The third-order valence-electron chi connectivity index (χ3n) is 3.41. The Kier molecular flexibility index (Phi) is 4.90. The Hall–Kier alpha value is -0.0800. The van der Waals surface area contributed by atoms with Gasteiger partial charge in [-0.15, -0.1) is 0 Å². The Bertz CT molecular complexity index is 156. The van der Waals surface area contributed by atoms with E-state index in [1.54, 1.807) is 0 Å². The maximum atomic E-state index is 6.14. The SMILES string of the molecule is CC(C)CCN(C)C1CCCCC1N. The van der Waals surface area contributed by atoms with Gasteiger partial charge < -0.3 is 10.6 Å². The van der Waals surface area contributed by atoms with Gasteiger partial charge in [0.1, 0.15) is 0 Å². The minimum absolute atomic E-state index is 0.418. The Morgan fingerprint density at radius 1 is 1.29 bits per heavy atom. The standard InChI is InChI=1S/C12H26N2/c1-10(2)8-9-14(3)12-7-5-4-6-11(12)13/h10-12H,4-9,13H2,1-3H3. The molecular formula is C12H26N2. The summed E-state index contributed by atoms with van der Waals surface area (Å²) in [5.74, 6) is 0.803. The highest BCUT2D eigenvalue weighted by atomic mass is 15.1. The van der Waals surface area contributed by atoms with Crippen molar-refractivity contribution in [3.63, 3.8) is 0 Å². The number of rotatable bonds is 4. The van der Waals surface area contributed by atoms with Crippen LogP contribution in [-0.4, -0.2) is 30.6 Å². The zero-order valence-electron chi connectivity index (χ0n) is 10.00. The monoisotopic (exact) mass is 198 g/mol. The molecule has 0 aliphatic heterocycles. The molecule has 2 atom stereocenters. The third-order valence-corrected chi connectivity index (χ3v) is 3.41. The number of hydrogen-bond donors (Lipinski definition) is 1. The molecule has 2 N–H and O–H groups in total. The first kappa shape index (κ1) is 12.0. The van der Waals surface area contributed by atoms with Gasteiger partial charge >= 0.3 is 0 Å². The van der Waals surface area contributed by atoms with Crippen molar-refractivity contribution in [3.05, 3.63) is 0 Å². The van der Waals surface area contributed by atoms with E-state index in [0.29, 0.717) is 12.1 Å². The second-order valence-electron chi connectivity index (χ2n) is 5.18. The molecule has 1 fully saturated rings. The van der Waals surface area contributed by atoms with Crippen LogP contribution in [0.15, 0.2) is 0 Å². The van der Waals surface area contributed by atoms with Gasteiger partial charge in [0.05, 0.1) is 0 Å². The summed E-state index contributed by atoms with van der Waals surface area (Å²) in [5, 5.41) is 0. The number of nitrogens with two attached hydrogens (primary N) is 1. The summed E-state index contributed by atoms with van der Waals surface area (Å²) in [4.78, 5) is 2.48. The van der Waals surface area contributed by atoms with Crippen LogP contribution >= 0.6 is 0 Å². The molecule has 0 saturated heterocycles. The minimum atomic E-state index is 0.418. The molecule has 0 radical (unpaired) electrons. The summed E-state index contributed by atoms with van der Waals surface area (Å²) in [6.45, 7) is 5.78. The van der Waals surface area contributed by atoms with Gasteiger partial charge in [0, 0.05) is 12.1 Å². The van der Waals surface area contributed by atoms with Crippen LogP contribution in [0.5, 0.6) is 0 Å². The van der Waals surface area contributed by atoms with E-state index in [0.717, 1.165) is 5.92 Å². The molecule has 0 amide bonds. The predicted molar refractivity (Wildman–Crippen MR) is 62.3 cm³/mol. The molecule has 2 heteroatoms. The van der Waals surface area contributed by atoms with Crippen LogP contribution in [0.3, 0.4) is 0 Å². The highest BCUT2D eigenvalue weighted by molar-refractivity contribution is 4.84. The van der Waals surface area contributed by atoms with Crippen molar-refractivity contribution in [2.75, 3.05) is 13.6 Å². The van der Waals surface area contributed by atoms with E-state index >= 15 is 0 Å². The molecule has 0 aromatic rings. The van der Waals surface area contributed by atoms with Crippen molar-refractivity contribution in [1.29, 1.82) is 0 Å². The van der Waals surface area contributed by atoms with Crippen molar-refractivity contribution in [3.8, 4) is 0 Å². The Morgan fingerprint density at radius 3 is 2.50 bits per heavy atom. The molecule has 2 nitrogen and oxygen atoms in total. The van der Waals surface area contributed by atoms with Crippen LogP contribution in [0.4, 0.5) is 0 Å². The fourth-order valence-corrected chi connectivity index (χ4v) is 2.31. The highest BCUT2D eigenvalue weighted by Crippen LogP contribution is 2.21. The summed E-state index contributed by atoms with van der Waals surface area (Å²) in [6.07, 6.45) is 6.51. The van der Waals surface area contributed by atoms with Crippen molar-refractivity contribution in [2.24, 2.45) is 11.7 Å². The second-order valence-corrected chi connectivity index (χ2v) is 5.18. The smallest absolute Gasteiger partial charge is 0.0244 e. The van der Waals surface area contributed by atoms with Crippen LogP contribution < -0.4 is 5.73 Å². The summed E-state index contributed by atoms with van der Waals surface area (Å²) >= 11 is 0. The number of hydrogen-bond acceptors (Lipinski definition) is 2. The van der Waals surface area contributed by atoms with Gasteiger partial charge in [-0.1, -0.05) is 26.7 Å². The molecular weight excluding hydrogens is 172 g/mol. The van der Waals surface area contributed by atoms with E-state index in [9.17, 15) is 0 Å². The van der Waals surface area contributed by atoms with Crippen molar-refractivity contribution in [1.82, 2.24) is 4.90 Å². The van der Waals surface area contributed by atoms with Crippen LogP contribution in [0, 0.1) is 5.92 Å². The van der Waals surface area contributed by atoms with E-state index in [4.69, 9.17) is 5.73 Å². The maximum absolute atomic E-state index is 6.14. The van der Waals surface area contributed by atoms with Gasteiger partial charge in [0.15, 0.2) is 0 Å². The van der Waals surface area contributed by atoms with Crippen LogP contribution in [-0.2, 0) is 0 Å². The molecule has 1 aliphatic carbocycles. The predicted octanol–water partition coefficient (Wildman–Crippen LogP) is 2.23. The molecule has 1 rings (SSSR count). The lowest BCUT2D eigenvalue weighted by molar-refractivity contribution is 0.162. The molecule has 2 unspecified atom stereocenters.